The van der Waals surface area contributed by atoms with Gasteiger partial charge in [0.25, 0.3) is 0 Å². The predicted molar refractivity (Wildman–Crippen MR) is 74.4 cm³/mol. The van der Waals surface area contributed by atoms with Crippen LogP contribution in [0.25, 0.3) is 22.3 Å². The van der Waals surface area contributed by atoms with Gasteiger partial charge in [-0.3, -0.25) is 0 Å². The standard InChI is InChI=1S/C15H14N2O2/c1-9-3-4-10-8-13(17(2)12(10)7-9)14-11(15(18)19)5-6-16-14/h3-8,16H,1-2H3,(H,18,19). The van der Waals surface area contributed by atoms with Gasteiger partial charge >= 0.3 is 5.97 Å². The quantitative estimate of drug-likeness (QED) is 0.738. The third-order valence-corrected chi connectivity index (χ3v) is 3.43. The van der Waals surface area contributed by atoms with E-state index in [9.17, 15) is 9.90 Å². The van der Waals surface area contributed by atoms with Crippen LogP contribution >= 0.6 is 0 Å². The van der Waals surface area contributed by atoms with Crippen molar-refractivity contribution >= 4 is 16.9 Å². The molecule has 0 aliphatic rings. The molecule has 0 saturated heterocycles. The Hall–Kier alpha value is -2.49. The van der Waals surface area contributed by atoms with Crippen LogP contribution in [0.4, 0.5) is 0 Å². The molecule has 0 bridgehead atoms. The Balaban J connectivity index is 2.28. The number of fused-ring (bicyclic) bond motifs is 1. The number of aryl methyl sites for hydroxylation is 2. The maximum atomic E-state index is 11.2. The van der Waals surface area contributed by atoms with Gasteiger partial charge in [-0.15, -0.1) is 0 Å². The minimum atomic E-state index is -0.919. The van der Waals surface area contributed by atoms with Gasteiger partial charge in [-0.1, -0.05) is 12.1 Å². The van der Waals surface area contributed by atoms with E-state index in [1.807, 2.05) is 24.6 Å². The molecule has 0 radical (unpaired) electrons. The second-order valence-electron chi connectivity index (χ2n) is 4.72. The van der Waals surface area contributed by atoms with Crippen molar-refractivity contribution in [2.24, 2.45) is 7.05 Å². The number of carboxylic acid groups (broad SMARTS) is 1. The maximum absolute atomic E-state index is 11.2. The zero-order chi connectivity index (χ0) is 13.6. The number of nitrogens with zero attached hydrogens (tertiary/aromatic N) is 1. The van der Waals surface area contributed by atoms with E-state index in [1.165, 1.54) is 5.56 Å². The highest BCUT2D eigenvalue weighted by atomic mass is 16.4. The zero-order valence-electron chi connectivity index (χ0n) is 10.8. The van der Waals surface area contributed by atoms with E-state index in [0.717, 1.165) is 16.6 Å². The Morgan fingerprint density at radius 2 is 2.05 bits per heavy atom. The summed E-state index contributed by atoms with van der Waals surface area (Å²) in [6, 6.07) is 9.80. The number of hydrogen-bond donors (Lipinski definition) is 2. The number of carboxylic acids is 1. The molecule has 2 N–H and O–H groups in total. The number of nitrogens with one attached hydrogen (secondary N) is 1. The van der Waals surface area contributed by atoms with Crippen molar-refractivity contribution < 1.29 is 9.90 Å². The normalized spacial score (nSPS) is 11.1. The van der Waals surface area contributed by atoms with Gasteiger partial charge in [0.2, 0.25) is 0 Å². The first-order valence-corrected chi connectivity index (χ1v) is 6.05. The van der Waals surface area contributed by atoms with E-state index in [4.69, 9.17) is 0 Å². The van der Waals surface area contributed by atoms with Gasteiger partial charge in [-0.25, -0.2) is 4.79 Å². The summed E-state index contributed by atoms with van der Waals surface area (Å²) in [5.74, 6) is -0.919. The number of benzene rings is 1. The summed E-state index contributed by atoms with van der Waals surface area (Å²) < 4.78 is 2.01. The molecule has 3 rings (SSSR count). The van der Waals surface area contributed by atoms with Crippen molar-refractivity contribution in [1.29, 1.82) is 0 Å². The van der Waals surface area contributed by atoms with Crippen molar-refractivity contribution in [1.82, 2.24) is 9.55 Å². The summed E-state index contributed by atoms with van der Waals surface area (Å²) in [7, 11) is 1.95. The van der Waals surface area contributed by atoms with Crippen molar-refractivity contribution in [3.63, 3.8) is 0 Å². The van der Waals surface area contributed by atoms with Crippen LogP contribution in [0.5, 0.6) is 0 Å². The highest BCUT2D eigenvalue weighted by molar-refractivity contribution is 5.97. The van der Waals surface area contributed by atoms with Gasteiger partial charge in [0.1, 0.15) is 0 Å². The average molecular weight is 254 g/mol. The van der Waals surface area contributed by atoms with E-state index < -0.39 is 5.97 Å². The molecule has 4 nitrogen and oxygen atoms in total. The Morgan fingerprint density at radius 1 is 1.26 bits per heavy atom. The molecule has 1 aromatic carbocycles. The number of rotatable bonds is 2. The summed E-state index contributed by atoms with van der Waals surface area (Å²) in [4.78, 5) is 14.2. The van der Waals surface area contributed by atoms with Crippen molar-refractivity contribution in [2.45, 2.75) is 6.92 Å². The maximum Gasteiger partial charge on any atom is 0.337 e. The molecule has 2 aromatic heterocycles. The highest BCUT2D eigenvalue weighted by Gasteiger charge is 2.16. The van der Waals surface area contributed by atoms with E-state index in [0.29, 0.717) is 11.3 Å². The fourth-order valence-electron chi connectivity index (χ4n) is 2.44. The van der Waals surface area contributed by atoms with Crippen LogP contribution < -0.4 is 0 Å². The van der Waals surface area contributed by atoms with Gasteiger partial charge < -0.3 is 14.7 Å². The van der Waals surface area contributed by atoms with E-state index >= 15 is 0 Å². The summed E-state index contributed by atoms with van der Waals surface area (Å²) in [6.45, 7) is 2.05. The van der Waals surface area contributed by atoms with E-state index in [-0.39, 0.29) is 0 Å². The Morgan fingerprint density at radius 3 is 2.79 bits per heavy atom. The van der Waals surface area contributed by atoms with Gasteiger partial charge in [-0.05, 0) is 30.7 Å². The third kappa shape index (κ3) is 1.73. The molecule has 0 atom stereocenters. The van der Waals surface area contributed by atoms with Crippen molar-refractivity contribution in [3.8, 4) is 11.4 Å². The molecular formula is C15H14N2O2. The van der Waals surface area contributed by atoms with Gasteiger partial charge in [0, 0.05) is 24.1 Å². The number of aromatic amines is 1. The molecule has 2 heterocycles. The molecule has 3 aromatic rings. The average Bonchev–Trinajstić information content (AvgIpc) is 2.95. The lowest BCUT2D eigenvalue weighted by Gasteiger charge is -2.04. The molecule has 0 aliphatic heterocycles. The van der Waals surface area contributed by atoms with Crippen LogP contribution in [-0.4, -0.2) is 20.6 Å². The third-order valence-electron chi connectivity index (χ3n) is 3.43. The van der Waals surface area contributed by atoms with Gasteiger partial charge in [-0.2, -0.15) is 0 Å². The fraction of sp³-hybridized carbons (Fsp3) is 0.133. The van der Waals surface area contributed by atoms with Crippen LogP contribution in [0, 0.1) is 6.92 Å². The van der Waals surface area contributed by atoms with Crippen LogP contribution in [0.1, 0.15) is 15.9 Å². The van der Waals surface area contributed by atoms with Crippen LogP contribution in [0.2, 0.25) is 0 Å². The minimum Gasteiger partial charge on any atom is -0.478 e. The number of H-pyrrole nitrogens is 1. The summed E-state index contributed by atoms with van der Waals surface area (Å²) in [6.07, 6.45) is 1.65. The van der Waals surface area contributed by atoms with E-state index in [2.05, 4.69) is 23.2 Å². The van der Waals surface area contributed by atoms with E-state index in [1.54, 1.807) is 12.3 Å². The summed E-state index contributed by atoms with van der Waals surface area (Å²) in [5.41, 5.74) is 4.10. The summed E-state index contributed by atoms with van der Waals surface area (Å²) >= 11 is 0. The number of carbonyl (C=O) groups is 1. The SMILES string of the molecule is Cc1ccc2cc(-c3[nH]ccc3C(=O)O)n(C)c2c1. The summed E-state index contributed by atoms with van der Waals surface area (Å²) in [5, 5.41) is 10.3. The smallest absolute Gasteiger partial charge is 0.337 e. The molecular weight excluding hydrogens is 240 g/mol. The monoisotopic (exact) mass is 254 g/mol. The first kappa shape index (κ1) is 11.6. The fourth-order valence-corrected chi connectivity index (χ4v) is 2.44. The number of aromatic nitrogens is 2. The van der Waals surface area contributed by atoms with Crippen LogP contribution in [0.15, 0.2) is 36.5 Å². The Bertz CT molecular complexity index is 781. The Kier molecular flexibility index (Phi) is 2.45. The molecule has 96 valence electrons. The van der Waals surface area contributed by atoms with Gasteiger partial charge in [0.05, 0.1) is 17.0 Å². The molecule has 19 heavy (non-hydrogen) atoms. The van der Waals surface area contributed by atoms with Crippen molar-refractivity contribution in [2.75, 3.05) is 0 Å². The van der Waals surface area contributed by atoms with Crippen LogP contribution in [-0.2, 0) is 7.05 Å². The zero-order valence-corrected chi connectivity index (χ0v) is 10.8. The molecule has 4 heteroatoms. The van der Waals surface area contributed by atoms with Crippen LogP contribution in [0.3, 0.4) is 0 Å². The number of aromatic carboxylic acids is 1. The first-order chi connectivity index (χ1) is 9.08. The second kappa shape index (κ2) is 4.02. The molecule has 0 amide bonds. The number of hydrogen-bond acceptors (Lipinski definition) is 1. The Labute approximate surface area is 110 Å². The first-order valence-electron chi connectivity index (χ1n) is 6.05. The molecule has 0 aliphatic carbocycles. The molecule has 0 saturated carbocycles. The highest BCUT2D eigenvalue weighted by Crippen LogP contribution is 2.29. The molecule has 0 unspecified atom stereocenters. The van der Waals surface area contributed by atoms with Crippen molar-refractivity contribution in [3.05, 3.63) is 47.7 Å². The largest absolute Gasteiger partial charge is 0.478 e. The predicted octanol–water partition coefficient (Wildman–Crippen LogP) is 3.18. The minimum absolute atomic E-state index is 0.294. The van der Waals surface area contributed by atoms with Gasteiger partial charge in [0.15, 0.2) is 0 Å². The molecule has 0 fully saturated rings. The molecule has 0 spiro atoms. The lowest BCUT2D eigenvalue weighted by Crippen LogP contribution is -1.99. The second-order valence-corrected chi connectivity index (χ2v) is 4.72. The topological polar surface area (TPSA) is 58.0 Å². The lowest BCUT2D eigenvalue weighted by atomic mass is 10.1. The lowest BCUT2D eigenvalue weighted by molar-refractivity contribution is 0.0698.